The molecule has 0 aliphatic carbocycles. The second-order valence-electron chi connectivity index (χ2n) is 2.66. The molecule has 0 unspecified atom stereocenters. The van der Waals surface area contributed by atoms with Gasteiger partial charge in [0.25, 0.3) is 5.69 Å². The predicted molar refractivity (Wildman–Crippen MR) is 56.7 cm³/mol. The Morgan fingerprint density at radius 3 is 2.44 bits per heavy atom. The van der Waals surface area contributed by atoms with E-state index in [1.54, 1.807) is 0 Å². The third kappa shape index (κ3) is 2.43. The summed E-state index contributed by atoms with van der Waals surface area (Å²) >= 11 is 2.74. The third-order valence-electron chi connectivity index (χ3n) is 1.63. The van der Waals surface area contributed by atoms with Gasteiger partial charge in [-0.15, -0.1) is 0 Å². The maximum Gasteiger partial charge on any atom is 0.333 e. The van der Waals surface area contributed by atoms with Gasteiger partial charge in [0.2, 0.25) is 0 Å². The first-order valence-corrected chi connectivity index (χ1v) is 5.93. The van der Waals surface area contributed by atoms with Gasteiger partial charge in [-0.2, -0.15) is 8.42 Å². The van der Waals surface area contributed by atoms with Crippen LogP contribution in [-0.2, 0) is 10.1 Å². The molecule has 1 N–H and O–H groups in total. The first-order valence-electron chi connectivity index (χ1n) is 3.70. The molecule has 0 atom stereocenters. The summed E-state index contributed by atoms with van der Waals surface area (Å²) < 4.78 is 29.4. The van der Waals surface area contributed by atoms with Gasteiger partial charge in [-0.25, -0.2) is 0 Å². The molecular weight excluding hydrogens is 306 g/mol. The minimum Gasteiger partial charge on any atom is -0.279 e. The van der Waals surface area contributed by atoms with E-state index in [-0.39, 0.29) is 4.47 Å². The summed E-state index contributed by atoms with van der Waals surface area (Å²) in [5.74, 6) is 0. The molecule has 16 heavy (non-hydrogen) atoms. The van der Waals surface area contributed by atoms with Crippen LogP contribution in [0.2, 0.25) is 0 Å². The van der Waals surface area contributed by atoms with E-state index in [4.69, 9.17) is 4.55 Å². The lowest BCUT2D eigenvalue weighted by molar-refractivity contribution is -0.385. The Hall–Kier alpha value is -1.32. The van der Waals surface area contributed by atoms with E-state index in [1.807, 2.05) is 0 Å². The Morgan fingerprint density at radius 1 is 1.44 bits per heavy atom. The maximum absolute atomic E-state index is 11.2. The van der Waals surface area contributed by atoms with Crippen LogP contribution in [0.1, 0.15) is 10.4 Å². The number of nitrogens with zero attached hydrogens (tertiary/aromatic N) is 1. The van der Waals surface area contributed by atoms with Gasteiger partial charge in [0, 0.05) is 6.07 Å². The average Bonchev–Trinajstić information content (AvgIpc) is 2.15. The molecule has 0 heterocycles. The Balaban J connectivity index is 3.44. The second kappa shape index (κ2) is 4.28. The fraction of sp³-hybridized carbons (Fsp3) is 0. The lowest BCUT2D eigenvalue weighted by atomic mass is 10.2. The van der Waals surface area contributed by atoms with Crippen LogP contribution in [0, 0.1) is 10.1 Å². The minimum absolute atomic E-state index is 0.289. The van der Waals surface area contributed by atoms with Crippen molar-refractivity contribution in [1.82, 2.24) is 0 Å². The quantitative estimate of drug-likeness (QED) is 0.501. The van der Waals surface area contributed by atoms with Crippen molar-refractivity contribution < 1.29 is 22.7 Å². The molecule has 0 bridgehead atoms. The van der Waals surface area contributed by atoms with E-state index in [0.29, 0.717) is 0 Å². The molecule has 0 aliphatic rings. The van der Waals surface area contributed by atoms with Gasteiger partial charge in [0.05, 0.1) is 10.5 Å². The van der Waals surface area contributed by atoms with E-state index >= 15 is 0 Å². The summed E-state index contributed by atoms with van der Waals surface area (Å²) in [6.07, 6.45) is 0. The van der Waals surface area contributed by atoms with Gasteiger partial charge in [-0.3, -0.25) is 19.5 Å². The van der Waals surface area contributed by atoms with Crippen molar-refractivity contribution in [1.29, 1.82) is 0 Å². The van der Waals surface area contributed by atoms with Gasteiger partial charge in [-0.1, -0.05) is 6.07 Å². The fourth-order valence-electron chi connectivity index (χ4n) is 0.957. The highest BCUT2D eigenvalue weighted by Crippen LogP contribution is 2.29. The molecule has 0 aromatic heterocycles. The normalized spacial score (nSPS) is 11.1. The number of rotatable bonds is 2. The van der Waals surface area contributed by atoms with Crippen molar-refractivity contribution in [2.75, 3.05) is 0 Å². The van der Waals surface area contributed by atoms with Crippen LogP contribution in [0.15, 0.2) is 22.7 Å². The van der Waals surface area contributed by atoms with Gasteiger partial charge in [-0.05, 0) is 22.0 Å². The molecule has 0 fully saturated rings. The molecule has 1 rings (SSSR count). The number of nitro benzene ring substituents is 1. The van der Waals surface area contributed by atoms with Crippen LogP contribution in [0.5, 0.6) is 0 Å². The number of halogens is 1. The van der Waals surface area contributed by atoms with Crippen LogP contribution in [0.3, 0.4) is 0 Å². The van der Waals surface area contributed by atoms with Crippen LogP contribution in [0.4, 0.5) is 5.69 Å². The van der Waals surface area contributed by atoms with E-state index in [2.05, 4.69) is 15.9 Å². The summed E-state index contributed by atoms with van der Waals surface area (Å²) in [6, 6.07) is 3.28. The lowest BCUT2D eigenvalue weighted by Crippen LogP contribution is -2.14. The van der Waals surface area contributed by atoms with Crippen LogP contribution in [0.25, 0.3) is 0 Å². The number of hydrogen-bond donors (Lipinski definition) is 1. The Labute approximate surface area is 98.1 Å². The fourth-order valence-corrected chi connectivity index (χ4v) is 2.13. The van der Waals surface area contributed by atoms with Crippen molar-refractivity contribution in [3.05, 3.63) is 38.3 Å². The molecule has 9 heteroatoms. The highest BCUT2D eigenvalue weighted by atomic mass is 79.9. The Morgan fingerprint density at radius 2 is 2.00 bits per heavy atom. The molecular formula is C7H4BrNO6S. The minimum atomic E-state index is -4.91. The second-order valence-corrected chi connectivity index (χ2v) is 4.77. The molecule has 1 aromatic rings. The summed E-state index contributed by atoms with van der Waals surface area (Å²) in [5.41, 5.74) is -0.953. The van der Waals surface area contributed by atoms with E-state index in [9.17, 15) is 23.3 Å². The van der Waals surface area contributed by atoms with E-state index in [0.717, 1.165) is 18.2 Å². The molecule has 0 saturated carbocycles. The molecule has 7 nitrogen and oxygen atoms in total. The smallest absolute Gasteiger partial charge is 0.279 e. The number of nitro groups is 1. The standard InChI is InChI=1S/C7H4BrNO6S/c8-6-4(7(10)16(13,14)15)2-1-3-5(6)9(11)12/h1-3H,(H,13,14,15). The van der Waals surface area contributed by atoms with E-state index < -0.39 is 31.4 Å². The van der Waals surface area contributed by atoms with Crippen molar-refractivity contribution >= 4 is 36.9 Å². The maximum atomic E-state index is 11.2. The zero-order valence-electron chi connectivity index (χ0n) is 7.45. The predicted octanol–water partition coefficient (Wildman–Crippen LogP) is 1.39. The Kier molecular flexibility index (Phi) is 3.41. The van der Waals surface area contributed by atoms with Crippen LogP contribution < -0.4 is 0 Å². The van der Waals surface area contributed by atoms with Crippen LogP contribution >= 0.6 is 15.9 Å². The van der Waals surface area contributed by atoms with Gasteiger partial charge < -0.3 is 0 Å². The number of hydrogen-bond acceptors (Lipinski definition) is 5. The highest BCUT2D eigenvalue weighted by molar-refractivity contribution is 9.10. The Bertz CT molecular complexity index is 566. The summed E-state index contributed by atoms with van der Waals surface area (Å²) in [6.45, 7) is 0. The topological polar surface area (TPSA) is 115 Å². The van der Waals surface area contributed by atoms with Crippen molar-refractivity contribution in [3.8, 4) is 0 Å². The first-order chi connectivity index (χ1) is 7.25. The van der Waals surface area contributed by atoms with Gasteiger partial charge in [0.15, 0.2) is 0 Å². The van der Waals surface area contributed by atoms with Crippen molar-refractivity contribution in [2.45, 2.75) is 0 Å². The monoisotopic (exact) mass is 309 g/mol. The number of carbonyl (C=O) groups excluding carboxylic acids is 1. The summed E-state index contributed by atoms with van der Waals surface area (Å²) in [4.78, 5) is 20.9. The molecule has 0 amide bonds. The van der Waals surface area contributed by atoms with Gasteiger partial charge >= 0.3 is 15.2 Å². The first kappa shape index (κ1) is 12.7. The summed E-state index contributed by atoms with van der Waals surface area (Å²) in [7, 11) is -4.91. The van der Waals surface area contributed by atoms with Crippen LogP contribution in [-0.4, -0.2) is 23.0 Å². The van der Waals surface area contributed by atoms with Gasteiger partial charge in [0.1, 0.15) is 4.47 Å². The van der Waals surface area contributed by atoms with E-state index in [1.165, 1.54) is 0 Å². The third-order valence-corrected chi connectivity index (χ3v) is 3.15. The molecule has 0 radical (unpaired) electrons. The molecule has 0 aliphatic heterocycles. The zero-order chi connectivity index (χ0) is 12.5. The zero-order valence-corrected chi connectivity index (χ0v) is 9.86. The number of benzene rings is 1. The molecule has 86 valence electrons. The van der Waals surface area contributed by atoms with Crippen molar-refractivity contribution in [3.63, 3.8) is 0 Å². The summed E-state index contributed by atoms with van der Waals surface area (Å²) in [5, 5.41) is 8.90. The molecule has 0 spiro atoms. The highest BCUT2D eigenvalue weighted by Gasteiger charge is 2.27. The number of carbonyl (C=O) groups is 1. The molecule has 1 aromatic carbocycles. The SMILES string of the molecule is O=C(c1cccc([N+](=O)[O-])c1Br)S(=O)(=O)O. The lowest BCUT2D eigenvalue weighted by Gasteiger charge is -2.01. The average molecular weight is 310 g/mol. The largest absolute Gasteiger partial charge is 0.333 e. The molecule has 0 saturated heterocycles. The van der Waals surface area contributed by atoms with Crippen molar-refractivity contribution in [2.24, 2.45) is 0 Å².